The summed E-state index contributed by atoms with van der Waals surface area (Å²) < 4.78 is 6.56. The molecule has 1 heterocycles. The van der Waals surface area contributed by atoms with Crippen molar-refractivity contribution in [2.24, 2.45) is 0 Å². The minimum Gasteiger partial charge on any atom is -0.444 e. The molecule has 128 valence electrons. The molecule has 4 nitrogen and oxygen atoms in total. The van der Waals surface area contributed by atoms with Crippen LogP contribution >= 0.6 is 33.9 Å². The van der Waals surface area contributed by atoms with Crippen LogP contribution in [-0.4, -0.2) is 22.7 Å². The summed E-state index contributed by atoms with van der Waals surface area (Å²) >= 11 is 3.89. The lowest BCUT2D eigenvalue weighted by Gasteiger charge is -2.23. The van der Waals surface area contributed by atoms with Crippen LogP contribution in [0, 0.1) is 6.92 Å². The first-order chi connectivity index (χ1) is 10.6. The van der Waals surface area contributed by atoms with Crippen molar-refractivity contribution in [2.45, 2.75) is 59.6 Å². The predicted molar refractivity (Wildman–Crippen MR) is 106 cm³/mol. The Morgan fingerprint density at radius 1 is 1.48 bits per heavy atom. The van der Waals surface area contributed by atoms with Gasteiger partial charge in [-0.2, -0.15) is 0 Å². The minimum absolute atomic E-state index is 0.114. The summed E-state index contributed by atoms with van der Waals surface area (Å²) in [6.07, 6.45) is 4.44. The molecule has 0 spiro atoms. The molecule has 23 heavy (non-hydrogen) atoms. The summed E-state index contributed by atoms with van der Waals surface area (Å²) in [5.41, 5.74) is 1.47. The number of hydrogen-bond acceptors (Lipinski definition) is 4. The Kier molecular flexibility index (Phi) is 7.73. The van der Waals surface area contributed by atoms with Gasteiger partial charge >= 0.3 is 6.09 Å². The Morgan fingerprint density at radius 3 is 2.61 bits per heavy atom. The van der Waals surface area contributed by atoms with E-state index in [0.717, 1.165) is 22.7 Å². The van der Waals surface area contributed by atoms with Gasteiger partial charge in [0, 0.05) is 5.38 Å². The Labute approximate surface area is 156 Å². The number of rotatable bonds is 5. The molecule has 0 aromatic carbocycles. The zero-order valence-corrected chi connectivity index (χ0v) is 17.5. The lowest BCUT2D eigenvalue weighted by Crippen LogP contribution is -2.39. The molecule has 1 atom stereocenters. The highest BCUT2D eigenvalue weighted by atomic mass is 127. The fourth-order valence-electron chi connectivity index (χ4n) is 1.87. The first kappa shape index (κ1) is 20.2. The quantitative estimate of drug-likeness (QED) is 0.608. The van der Waals surface area contributed by atoms with E-state index in [2.05, 4.69) is 39.0 Å². The van der Waals surface area contributed by atoms with Crippen LogP contribution in [0.3, 0.4) is 0 Å². The molecule has 0 saturated carbocycles. The topological polar surface area (TPSA) is 51.2 Å². The van der Waals surface area contributed by atoms with Crippen molar-refractivity contribution < 1.29 is 9.53 Å². The number of nitrogens with one attached hydrogen (secondary N) is 1. The number of carbonyl (C=O) groups is 1. The standard InChI is InChI=1S/C17H25IN2O2S/c1-11(9-14-10-23-13(3)19-14)15(8-7-12(2)18)20-16(21)22-17(4,5)6/h7,9-10,15H,8H2,1-6H3,(H,20,21)/b11-9+,12-7-/t15-/m0/s1. The van der Waals surface area contributed by atoms with Crippen LogP contribution in [0.5, 0.6) is 0 Å². The van der Waals surface area contributed by atoms with E-state index in [9.17, 15) is 4.79 Å². The number of aryl methyl sites for hydroxylation is 1. The third-order valence-electron chi connectivity index (χ3n) is 2.89. The summed E-state index contributed by atoms with van der Waals surface area (Å²) in [4.78, 5) is 16.5. The average Bonchev–Trinajstić information content (AvgIpc) is 2.77. The van der Waals surface area contributed by atoms with Crippen molar-refractivity contribution in [1.29, 1.82) is 0 Å². The molecule has 1 rings (SSSR count). The molecule has 0 aliphatic heterocycles. The minimum atomic E-state index is -0.507. The fourth-order valence-corrected chi connectivity index (χ4v) is 2.69. The number of carbonyl (C=O) groups excluding carboxylic acids is 1. The van der Waals surface area contributed by atoms with Gasteiger partial charge in [0.05, 0.1) is 16.7 Å². The third-order valence-corrected chi connectivity index (χ3v) is 4.12. The van der Waals surface area contributed by atoms with Crippen LogP contribution < -0.4 is 5.32 Å². The largest absolute Gasteiger partial charge is 0.444 e. The summed E-state index contributed by atoms with van der Waals surface area (Å²) in [7, 11) is 0. The predicted octanol–water partition coefficient (Wildman–Crippen LogP) is 5.48. The van der Waals surface area contributed by atoms with Crippen LogP contribution in [0.15, 0.2) is 20.6 Å². The highest BCUT2D eigenvalue weighted by Crippen LogP contribution is 2.17. The van der Waals surface area contributed by atoms with E-state index in [4.69, 9.17) is 4.74 Å². The van der Waals surface area contributed by atoms with Gasteiger partial charge in [-0.25, -0.2) is 9.78 Å². The van der Waals surface area contributed by atoms with Gasteiger partial charge in [-0.15, -0.1) is 11.3 Å². The average molecular weight is 448 g/mol. The molecule has 0 unspecified atom stereocenters. The molecular formula is C17H25IN2O2S. The Bertz CT molecular complexity index is 596. The lowest BCUT2D eigenvalue weighted by molar-refractivity contribution is 0.0512. The number of aromatic nitrogens is 1. The SMILES string of the molecule is C/C(I)=C/C[C@H](NC(=O)OC(C)(C)C)/C(C)=C/c1csc(C)n1. The van der Waals surface area contributed by atoms with Crippen molar-refractivity contribution in [3.63, 3.8) is 0 Å². The molecule has 0 aliphatic rings. The highest BCUT2D eigenvalue weighted by molar-refractivity contribution is 14.1. The first-order valence-corrected chi connectivity index (χ1v) is 9.45. The van der Waals surface area contributed by atoms with Gasteiger partial charge in [0.25, 0.3) is 0 Å². The van der Waals surface area contributed by atoms with Gasteiger partial charge < -0.3 is 10.1 Å². The van der Waals surface area contributed by atoms with Gasteiger partial charge in [0.15, 0.2) is 0 Å². The number of halogens is 1. The second kappa shape index (κ2) is 8.82. The normalized spacial score (nSPS) is 14.6. The van der Waals surface area contributed by atoms with Crippen LogP contribution in [0.2, 0.25) is 0 Å². The van der Waals surface area contributed by atoms with E-state index in [1.54, 1.807) is 11.3 Å². The van der Waals surface area contributed by atoms with Crippen LogP contribution in [0.1, 0.15) is 51.7 Å². The van der Waals surface area contributed by atoms with E-state index in [0.29, 0.717) is 0 Å². The first-order valence-electron chi connectivity index (χ1n) is 7.49. The van der Waals surface area contributed by atoms with E-state index >= 15 is 0 Å². The zero-order valence-electron chi connectivity index (χ0n) is 14.6. The lowest BCUT2D eigenvalue weighted by atomic mass is 10.0. The third kappa shape index (κ3) is 8.50. The smallest absolute Gasteiger partial charge is 0.408 e. The Morgan fingerprint density at radius 2 is 2.13 bits per heavy atom. The van der Waals surface area contributed by atoms with Gasteiger partial charge in [0.2, 0.25) is 0 Å². The van der Waals surface area contributed by atoms with Crippen molar-refractivity contribution in [3.8, 4) is 0 Å². The summed E-state index contributed by atoms with van der Waals surface area (Å²) in [6.45, 7) is 11.6. The van der Waals surface area contributed by atoms with E-state index in [-0.39, 0.29) is 6.04 Å². The number of amides is 1. The fraction of sp³-hybridized carbons (Fsp3) is 0.529. The molecule has 0 fully saturated rings. The molecular weight excluding hydrogens is 423 g/mol. The van der Waals surface area contributed by atoms with E-state index in [1.807, 2.05) is 53.0 Å². The Balaban J connectivity index is 2.88. The molecule has 0 aliphatic carbocycles. The monoisotopic (exact) mass is 448 g/mol. The molecule has 1 aromatic rings. The summed E-state index contributed by atoms with van der Waals surface area (Å²) in [5, 5.41) is 6.00. The molecule has 1 aromatic heterocycles. The summed E-state index contributed by atoms with van der Waals surface area (Å²) in [5.74, 6) is 0. The molecule has 0 saturated heterocycles. The molecule has 6 heteroatoms. The van der Waals surface area contributed by atoms with Crippen molar-refractivity contribution >= 4 is 46.1 Å². The van der Waals surface area contributed by atoms with Gasteiger partial charge in [-0.05, 0) is 85.8 Å². The number of alkyl carbamates (subject to hydrolysis) is 1. The van der Waals surface area contributed by atoms with Crippen molar-refractivity contribution in [3.05, 3.63) is 31.3 Å². The molecule has 1 N–H and O–H groups in total. The van der Waals surface area contributed by atoms with Crippen LogP contribution in [0.25, 0.3) is 6.08 Å². The number of hydrogen-bond donors (Lipinski definition) is 1. The molecule has 1 amide bonds. The van der Waals surface area contributed by atoms with Crippen molar-refractivity contribution in [1.82, 2.24) is 10.3 Å². The number of ether oxygens (including phenoxy) is 1. The Hall–Kier alpha value is -0.890. The second-order valence-electron chi connectivity index (χ2n) is 6.41. The van der Waals surface area contributed by atoms with Gasteiger partial charge in [-0.3, -0.25) is 0 Å². The zero-order chi connectivity index (χ0) is 17.6. The number of allylic oxidation sites excluding steroid dienone is 1. The highest BCUT2D eigenvalue weighted by Gasteiger charge is 2.20. The summed E-state index contributed by atoms with van der Waals surface area (Å²) in [6, 6.07) is -0.114. The van der Waals surface area contributed by atoms with E-state index < -0.39 is 11.7 Å². The maximum Gasteiger partial charge on any atom is 0.408 e. The van der Waals surface area contributed by atoms with E-state index in [1.165, 1.54) is 3.58 Å². The van der Waals surface area contributed by atoms with Crippen molar-refractivity contribution in [2.75, 3.05) is 0 Å². The maximum atomic E-state index is 12.1. The maximum absolute atomic E-state index is 12.1. The number of thiazole rings is 1. The van der Waals surface area contributed by atoms with Crippen LogP contribution in [0.4, 0.5) is 4.79 Å². The number of nitrogens with zero attached hydrogens (tertiary/aromatic N) is 1. The van der Waals surface area contributed by atoms with Gasteiger partial charge in [0.1, 0.15) is 5.60 Å². The molecule has 0 radical (unpaired) electrons. The van der Waals surface area contributed by atoms with Gasteiger partial charge in [-0.1, -0.05) is 6.08 Å². The molecule has 0 bridgehead atoms. The van der Waals surface area contributed by atoms with Crippen LogP contribution in [-0.2, 0) is 4.74 Å². The second-order valence-corrected chi connectivity index (χ2v) is 9.17.